The molecule has 1 fully saturated rings. The Hall–Kier alpha value is -1.75. The highest BCUT2D eigenvalue weighted by Crippen LogP contribution is 2.34. The number of hydrogen-bond acceptors (Lipinski definition) is 8. The smallest absolute Gasteiger partial charge is 0.119 e. The summed E-state index contributed by atoms with van der Waals surface area (Å²) >= 11 is 6.40. The average Bonchev–Trinajstić information content (AvgIpc) is 2.78. The quantitative estimate of drug-likeness (QED) is 0.355. The number of rotatable bonds is 9. The molecule has 2 aromatic rings. The van der Waals surface area contributed by atoms with Crippen LogP contribution in [0.25, 0.3) is 0 Å². The summed E-state index contributed by atoms with van der Waals surface area (Å²) in [4.78, 5) is 1.89. The molecule has 6 atom stereocenters. The molecule has 1 saturated heterocycles. The maximum Gasteiger partial charge on any atom is 0.119 e. The van der Waals surface area contributed by atoms with Crippen molar-refractivity contribution in [1.82, 2.24) is 4.90 Å². The summed E-state index contributed by atoms with van der Waals surface area (Å²) < 4.78 is 11.3. The number of benzene rings is 2. The van der Waals surface area contributed by atoms with Crippen molar-refractivity contribution in [3.05, 3.63) is 64.2 Å². The first-order valence-electron chi connectivity index (χ1n) is 10.8. The highest BCUT2D eigenvalue weighted by atomic mass is 35.5. The number of halogens is 1. The van der Waals surface area contributed by atoms with E-state index >= 15 is 0 Å². The summed E-state index contributed by atoms with van der Waals surface area (Å²) in [6, 6.07) is 12.6. The van der Waals surface area contributed by atoms with Gasteiger partial charge in [0.25, 0.3) is 0 Å². The molecule has 0 unspecified atom stereocenters. The van der Waals surface area contributed by atoms with Crippen LogP contribution in [0.5, 0.6) is 5.75 Å². The van der Waals surface area contributed by atoms with Gasteiger partial charge in [-0.25, -0.2) is 0 Å². The molecule has 9 heteroatoms. The first-order chi connectivity index (χ1) is 15.7. The van der Waals surface area contributed by atoms with E-state index in [1.165, 1.54) is 0 Å². The van der Waals surface area contributed by atoms with Gasteiger partial charge >= 0.3 is 0 Å². The number of nitrogens with zero attached hydrogens (tertiary/aromatic N) is 1. The van der Waals surface area contributed by atoms with Crippen LogP contribution >= 0.6 is 11.6 Å². The summed E-state index contributed by atoms with van der Waals surface area (Å²) in [6.45, 7) is 0.231. The van der Waals surface area contributed by atoms with E-state index in [4.69, 9.17) is 21.1 Å². The summed E-state index contributed by atoms with van der Waals surface area (Å²) in [6.07, 6.45) is -6.16. The van der Waals surface area contributed by atoms with Crippen LogP contribution in [0.2, 0.25) is 5.02 Å². The summed E-state index contributed by atoms with van der Waals surface area (Å²) in [7, 11) is 3.77. The third-order valence-electron chi connectivity index (χ3n) is 5.63. The zero-order valence-electron chi connectivity index (χ0n) is 18.7. The van der Waals surface area contributed by atoms with Gasteiger partial charge in [-0.3, -0.25) is 0 Å². The SMILES string of the molecule is CN(C)C[C@@H](O)COc1ccc(Cc2cc([C@@H]3O[C@H](CO)[C@@H](O)[C@H](O)[C@H]3O)ccc2Cl)cc1. The van der Waals surface area contributed by atoms with Crippen molar-refractivity contribution < 1.29 is 35.0 Å². The van der Waals surface area contributed by atoms with Gasteiger partial charge in [-0.2, -0.15) is 0 Å². The molecule has 0 bridgehead atoms. The third-order valence-corrected chi connectivity index (χ3v) is 6.00. The van der Waals surface area contributed by atoms with Crippen LogP contribution in [0.1, 0.15) is 22.8 Å². The lowest BCUT2D eigenvalue weighted by Gasteiger charge is -2.40. The molecule has 182 valence electrons. The van der Waals surface area contributed by atoms with Crippen LogP contribution in [-0.2, 0) is 11.2 Å². The lowest BCUT2D eigenvalue weighted by molar-refractivity contribution is -0.231. The predicted molar refractivity (Wildman–Crippen MR) is 123 cm³/mol. The summed E-state index contributed by atoms with van der Waals surface area (Å²) in [5, 5.41) is 50.4. The third kappa shape index (κ3) is 6.65. The first-order valence-corrected chi connectivity index (χ1v) is 11.2. The molecule has 1 aliphatic rings. The normalized spacial score (nSPS) is 26.4. The Morgan fingerprint density at radius 2 is 1.73 bits per heavy atom. The standard InChI is InChI=1S/C24H32ClNO7/c1-26(2)11-17(28)13-32-18-6-3-14(4-7-18)9-16-10-15(5-8-19(16)25)24-23(31)22(30)21(29)20(12-27)33-24/h3-8,10,17,20-24,27-31H,9,11-13H2,1-2H3/t17-,20-,21-,22+,23-,24+/m1/s1. The Bertz CT molecular complexity index is 893. The van der Waals surface area contributed by atoms with Crippen LogP contribution < -0.4 is 4.74 Å². The van der Waals surface area contributed by atoms with E-state index in [1.54, 1.807) is 18.2 Å². The van der Waals surface area contributed by atoms with Crippen molar-refractivity contribution in [2.24, 2.45) is 0 Å². The van der Waals surface area contributed by atoms with Gasteiger partial charge < -0.3 is 39.9 Å². The van der Waals surface area contributed by atoms with Gasteiger partial charge in [-0.15, -0.1) is 0 Å². The second kappa shape index (κ2) is 11.6. The zero-order chi connectivity index (χ0) is 24.1. The molecule has 8 nitrogen and oxygen atoms in total. The second-order valence-electron chi connectivity index (χ2n) is 8.65. The molecule has 0 saturated carbocycles. The van der Waals surface area contributed by atoms with Crippen LogP contribution in [0.4, 0.5) is 0 Å². The van der Waals surface area contributed by atoms with Gasteiger partial charge in [0.2, 0.25) is 0 Å². The topological polar surface area (TPSA) is 123 Å². The van der Waals surface area contributed by atoms with Crippen molar-refractivity contribution in [2.45, 2.75) is 43.0 Å². The fourth-order valence-corrected chi connectivity index (χ4v) is 4.06. The van der Waals surface area contributed by atoms with E-state index in [1.807, 2.05) is 43.3 Å². The first kappa shape index (κ1) is 25.9. The number of ether oxygens (including phenoxy) is 2. The molecule has 0 aliphatic carbocycles. The van der Waals surface area contributed by atoms with Crippen molar-refractivity contribution in [3.8, 4) is 5.75 Å². The Morgan fingerprint density at radius 3 is 2.36 bits per heavy atom. The molecular formula is C24H32ClNO7. The zero-order valence-corrected chi connectivity index (χ0v) is 19.5. The molecule has 0 aromatic heterocycles. The fourth-order valence-electron chi connectivity index (χ4n) is 3.87. The van der Waals surface area contributed by atoms with E-state index in [9.17, 15) is 25.5 Å². The predicted octanol–water partition coefficient (Wildman–Crippen LogP) is 0.747. The molecule has 0 amide bonds. The van der Waals surface area contributed by atoms with Crippen LogP contribution in [-0.4, -0.2) is 94.8 Å². The van der Waals surface area contributed by atoms with Crippen LogP contribution in [0.3, 0.4) is 0 Å². The molecular weight excluding hydrogens is 450 g/mol. The fraction of sp³-hybridized carbons (Fsp3) is 0.500. The Morgan fingerprint density at radius 1 is 1.03 bits per heavy atom. The molecule has 5 N–H and O–H groups in total. The molecule has 2 aromatic carbocycles. The van der Waals surface area contributed by atoms with E-state index in [-0.39, 0.29) is 6.61 Å². The van der Waals surface area contributed by atoms with E-state index < -0.39 is 43.2 Å². The van der Waals surface area contributed by atoms with E-state index in [0.29, 0.717) is 29.3 Å². The van der Waals surface area contributed by atoms with Gasteiger partial charge in [0, 0.05) is 11.6 Å². The van der Waals surface area contributed by atoms with Crippen molar-refractivity contribution >= 4 is 11.6 Å². The van der Waals surface area contributed by atoms with E-state index in [0.717, 1.165) is 11.1 Å². The Labute approximate surface area is 198 Å². The highest BCUT2D eigenvalue weighted by molar-refractivity contribution is 6.31. The molecule has 0 spiro atoms. The molecule has 33 heavy (non-hydrogen) atoms. The van der Waals surface area contributed by atoms with Gasteiger partial charge in [-0.05, 0) is 55.4 Å². The maximum atomic E-state index is 10.4. The molecule has 3 rings (SSSR count). The molecule has 1 aliphatic heterocycles. The largest absolute Gasteiger partial charge is 0.491 e. The summed E-state index contributed by atoms with van der Waals surface area (Å²) in [5.74, 6) is 0.651. The molecule has 1 heterocycles. The Kier molecular flexibility index (Phi) is 9.09. The minimum atomic E-state index is -1.44. The van der Waals surface area contributed by atoms with Crippen LogP contribution in [0.15, 0.2) is 42.5 Å². The minimum Gasteiger partial charge on any atom is -0.491 e. The summed E-state index contributed by atoms with van der Waals surface area (Å²) in [5.41, 5.74) is 2.35. The van der Waals surface area contributed by atoms with Crippen LogP contribution in [0, 0.1) is 0 Å². The average molecular weight is 482 g/mol. The van der Waals surface area contributed by atoms with Crippen molar-refractivity contribution in [2.75, 3.05) is 33.9 Å². The lowest BCUT2D eigenvalue weighted by atomic mass is 9.90. The van der Waals surface area contributed by atoms with E-state index in [2.05, 4.69) is 0 Å². The number of likely N-dealkylation sites (N-methyl/N-ethyl adjacent to an activating group) is 1. The highest BCUT2D eigenvalue weighted by Gasteiger charge is 2.44. The van der Waals surface area contributed by atoms with Gasteiger partial charge in [-0.1, -0.05) is 35.9 Å². The molecule has 0 radical (unpaired) electrons. The minimum absolute atomic E-state index is 0.199. The van der Waals surface area contributed by atoms with Gasteiger partial charge in [0.15, 0.2) is 0 Å². The van der Waals surface area contributed by atoms with Crippen molar-refractivity contribution in [1.29, 1.82) is 0 Å². The number of aliphatic hydroxyl groups is 5. The van der Waals surface area contributed by atoms with Gasteiger partial charge in [0.1, 0.15) is 49.0 Å². The maximum absolute atomic E-state index is 10.4. The Balaban J connectivity index is 1.69. The number of hydrogen-bond donors (Lipinski definition) is 5. The van der Waals surface area contributed by atoms with Gasteiger partial charge in [0.05, 0.1) is 6.61 Å². The lowest BCUT2D eigenvalue weighted by Crippen LogP contribution is -2.55. The van der Waals surface area contributed by atoms with Crippen molar-refractivity contribution in [3.63, 3.8) is 0 Å². The second-order valence-corrected chi connectivity index (χ2v) is 9.06. The number of aliphatic hydroxyl groups excluding tert-OH is 5. The monoisotopic (exact) mass is 481 g/mol.